The second-order valence-corrected chi connectivity index (χ2v) is 7.52. The molecule has 0 spiro atoms. The van der Waals surface area contributed by atoms with E-state index < -0.39 is 0 Å². The summed E-state index contributed by atoms with van der Waals surface area (Å²) in [6.45, 7) is 4.26. The van der Waals surface area contributed by atoms with Crippen LogP contribution < -0.4 is 20.1 Å². The van der Waals surface area contributed by atoms with Gasteiger partial charge in [0.1, 0.15) is 11.5 Å². The molecule has 2 N–H and O–H groups in total. The van der Waals surface area contributed by atoms with Gasteiger partial charge in [-0.3, -0.25) is 0 Å². The molecule has 4 heteroatoms. The highest BCUT2D eigenvalue weighted by Gasteiger charge is 2.06. The minimum atomic E-state index is 0.936. The lowest BCUT2D eigenvalue weighted by Gasteiger charge is -2.07. The molecule has 2 aliphatic heterocycles. The number of rotatable bonds is 4. The Labute approximate surface area is 181 Å². The van der Waals surface area contributed by atoms with Gasteiger partial charge in [0, 0.05) is 6.54 Å². The summed E-state index contributed by atoms with van der Waals surface area (Å²) in [5, 5.41) is 6.76. The lowest BCUT2D eigenvalue weighted by molar-refractivity contribution is 0.414. The van der Waals surface area contributed by atoms with E-state index in [1.165, 1.54) is 28.7 Å². The van der Waals surface area contributed by atoms with Crippen LogP contribution in [0.3, 0.4) is 0 Å². The Balaban J connectivity index is 0.000000171. The Hall–Kier alpha value is -2.56. The van der Waals surface area contributed by atoms with Crippen LogP contribution in [0.5, 0.6) is 11.5 Å². The standard InChI is InChI=1S/2C13H17NO/c2*1-15-13-6-2-4-12(10-13)11-5-3-8-14-9-7-11/h2,4,6-7,10,14H,3,5,8-9H2,1H3;2,4-6,10,14H,3,7-9H2,1H3. The highest BCUT2D eigenvalue weighted by Crippen LogP contribution is 2.25. The molecule has 0 fully saturated rings. The van der Waals surface area contributed by atoms with Crippen molar-refractivity contribution in [1.29, 1.82) is 0 Å². The van der Waals surface area contributed by atoms with Crippen LogP contribution in [-0.2, 0) is 0 Å². The summed E-state index contributed by atoms with van der Waals surface area (Å²) < 4.78 is 10.5. The fourth-order valence-corrected chi connectivity index (χ4v) is 3.77. The molecule has 0 saturated carbocycles. The second-order valence-electron chi connectivity index (χ2n) is 7.52. The first kappa shape index (κ1) is 22.1. The molecule has 0 bridgehead atoms. The van der Waals surface area contributed by atoms with Gasteiger partial charge in [-0.05, 0) is 91.9 Å². The largest absolute Gasteiger partial charge is 0.497 e. The van der Waals surface area contributed by atoms with Crippen molar-refractivity contribution in [2.75, 3.05) is 40.4 Å². The monoisotopic (exact) mass is 406 g/mol. The second kappa shape index (κ2) is 12.2. The van der Waals surface area contributed by atoms with Crippen molar-refractivity contribution in [3.63, 3.8) is 0 Å². The van der Waals surface area contributed by atoms with Gasteiger partial charge >= 0.3 is 0 Å². The maximum atomic E-state index is 5.23. The van der Waals surface area contributed by atoms with Crippen LogP contribution in [0.15, 0.2) is 60.7 Å². The number of hydrogen-bond donors (Lipinski definition) is 2. The lowest BCUT2D eigenvalue weighted by atomic mass is 10.0. The minimum Gasteiger partial charge on any atom is -0.497 e. The minimum absolute atomic E-state index is 0.936. The van der Waals surface area contributed by atoms with E-state index in [0.717, 1.165) is 56.9 Å². The molecule has 0 atom stereocenters. The molecule has 0 aliphatic carbocycles. The third-order valence-corrected chi connectivity index (χ3v) is 5.46. The van der Waals surface area contributed by atoms with Crippen molar-refractivity contribution < 1.29 is 9.47 Å². The molecule has 0 aromatic heterocycles. The van der Waals surface area contributed by atoms with E-state index in [2.05, 4.69) is 47.1 Å². The molecule has 160 valence electrons. The van der Waals surface area contributed by atoms with E-state index in [0.29, 0.717) is 0 Å². The van der Waals surface area contributed by atoms with Gasteiger partial charge in [0.05, 0.1) is 14.2 Å². The quantitative estimate of drug-likeness (QED) is 0.756. The summed E-state index contributed by atoms with van der Waals surface area (Å²) in [5.41, 5.74) is 5.44. The third-order valence-electron chi connectivity index (χ3n) is 5.46. The van der Waals surface area contributed by atoms with Gasteiger partial charge in [-0.1, -0.05) is 36.4 Å². The summed E-state index contributed by atoms with van der Waals surface area (Å²) in [5.74, 6) is 1.87. The van der Waals surface area contributed by atoms with E-state index in [1.54, 1.807) is 14.2 Å². The van der Waals surface area contributed by atoms with Crippen LogP contribution in [0.25, 0.3) is 11.1 Å². The fraction of sp³-hybridized carbons (Fsp3) is 0.385. The van der Waals surface area contributed by atoms with E-state index in [9.17, 15) is 0 Å². The SMILES string of the molecule is COc1cccc(C2=CCCNCC2)c1.COc1cccc(C2=CCNCCC2)c1. The summed E-state index contributed by atoms with van der Waals surface area (Å²) in [7, 11) is 3.42. The number of ether oxygens (including phenoxy) is 2. The van der Waals surface area contributed by atoms with Crippen molar-refractivity contribution in [2.45, 2.75) is 25.7 Å². The first-order valence-electron chi connectivity index (χ1n) is 10.9. The highest BCUT2D eigenvalue weighted by molar-refractivity contribution is 5.67. The first-order chi connectivity index (χ1) is 14.8. The van der Waals surface area contributed by atoms with E-state index >= 15 is 0 Å². The van der Waals surface area contributed by atoms with Crippen molar-refractivity contribution in [1.82, 2.24) is 10.6 Å². The van der Waals surface area contributed by atoms with Crippen LogP contribution in [0, 0.1) is 0 Å². The van der Waals surface area contributed by atoms with Gasteiger partial charge in [0.25, 0.3) is 0 Å². The Morgan fingerprint density at radius 1 is 0.700 bits per heavy atom. The normalized spacial score (nSPS) is 16.7. The molecule has 0 radical (unpaired) electrons. The average molecular weight is 407 g/mol. The molecule has 0 amide bonds. The van der Waals surface area contributed by atoms with E-state index in [1.807, 2.05) is 24.3 Å². The lowest BCUT2D eigenvalue weighted by Crippen LogP contribution is -2.13. The van der Waals surface area contributed by atoms with Crippen LogP contribution in [-0.4, -0.2) is 40.4 Å². The fourth-order valence-electron chi connectivity index (χ4n) is 3.77. The molecular weight excluding hydrogens is 372 g/mol. The molecule has 4 rings (SSSR count). The highest BCUT2D eigenvalue weighted by atomic mass is 16.5. The van der Waals surface area contributed by atoms with E-state index in [-0.39, 0.29) is 0 Å². The van der Waals surface area contributed by atoms with Crippen molar-refractivity contribution in [3.8, 4) is 11.5 Å². The molecule has 4 nitrogen and oxygen atoms in total. The number of hydrogen-bond acceptors (Lipinski definition) is 4. The van der Waals surface area contributed by atoms with Gasteiger partial charge in [-0.25, -0.2) is 0 Å². The van der Waals surface area contributed by atoms with Gasteiger partial charge in [0.2, 0.25) is 0 Å². The van der Waals surface area contributed by atoms with Crippen molar-refractivity contribution in [3.05, 3.63) is 71.8 Å². The Kier molecular flexibility index (Phi) is 9.01. The Morgan fingerprint density at radius 2 is 1.37 bits per heavy atom. The third kappa shape index (κ3) is 6.75. The maximum Gasteiger partial charge on any atom is 0.119 e. The summed E-state index contributed by atoms with van der Waals surface area (Å²) in [6, 6.07) is 16.6. The zero-order valence-electron chi connectivity index (χ0n) is 18.2. The predicted molar refractivity (Wildman–Crippen MR) is 126 cm³/mol. The summed E-state index contributed by atoms with van der Waals surface area (Å²) in [4.78, 5) is 0. The van der Waals surface area contributed by atoms with Crippen molar-refractivity contribution >= 4 is 11.1 Å². The molecule has 0 unspecified atom stereocenters. The smallest absolute Gasteiger partial charge is 0.119 e. The number of nitrogens with one attached hydrogen (secondary N) is 2. The summed E-state index contributed by atoms with van der Waals surface area (Å²) in [6.07, 6.45) is 9.19. The predicted octanol–water partition coefficient (Wildman–Crippen LogP) is 4.92. The van der Waals surface area contributed by atoms with Gasteiger partial charge in [-0.2, -0.15) is 0 Å². The molecule has 0 saturated heterocycles. The number of benzene rings is 2. The zero-order valence-corrected chi connectivity index (χ0v) is 18.2. The first-order valence-corrected chi connectivity index (χ1v) is 10.9. The molecular formula is C26H34N2O2. The van der Waals surface area contributed by atoms with Crippen LogP contribution in [0.1, 0.15) is 36.8 Å². The Bertz CT molecular complexity index is 786. The summed E-state index contributed by atoms with van der Waals surface area (Å²) >= 11 is 0. The van der Waals surface area contributed by atoms with Crippen LogP contribution in [0.2, 0.25) is 0 Å². The van der Waals surface area contributed by atoms with Crippen molar-refractivity contribution in [2.24, 2.45) is 0 Å². The number of allylic oxidation sites excluding steroid dienone is 1. The van der Waals surface area contributed by atoms with Gasteiger partial charge < -0.3 is 20.1 Å². The molecule has 2 aromatic rings. The molecule has 2 aromatic carbocycles. The van der Waals surface area contributed by atoms with Crippen LogP contribution in [0.4, 0.5) is 0 Å². The van der Waals surface area contributed by atoms with Crippen LogP contribution >= 0.6 is 0 Å². The molecule has 30 heavy (non-hydrogen) atoms. The van der Waals surface area contributed by atoms with E-state index in [4.69, 9.17) is 9.47 Å². The maximum absolute atomic E-state index is 5.23. The molecule has 2 heterocycles. The number of methoxy groups -OCH3 is 2. The molecule has 2 aliphatic rings. The Morgan fingerprint density at radius 3 is 2.03 bits per heavy atom. The topological polar surface area (TPSA) is 42.5 Å². The van der Waals surface area contributed by atoms with Gasteiger partial charge in [-0.15, -0.1) is 0 Å². The van der Waals surface area contributed by atoms with Gasteiger partial charge in [0.15, 0.2) is 0 Å². The average Bonchev–Trinajstić information content (AvgIpc) is 3.25. The zero-order chi connectivity index (χ0) is 21.0.